The minimum Gasteiger partial charge on any atom is -0.480 e. The lowest BCUT2D eigenvalue weighted by molar-refractivity contribution is -0.139. The smallest absolute Gasteiger partial charge is 0.327 e. The van der Waals surface area contributed by atoms with E-state index < -0.39 is 17.9 Å². The van der Waals surface area contributed by atoms with Gasteiger partial charge in [0.2, 0.25) is 0 Å². The van der Waals surface area contributed by atoms with Crippen LogP contribution in [0, 0.1) is 19.3 Å². The van der Waals surface area contributed by atoms with Crippen molar-refractivity contribution in [2.45, 2.75) is 19.4 Å². The first-order valence-corrected chi connectivity index (χ1v) is 4.57. The number of carbonyl (C=O) groups is 2. The van der Waals surface area contributed by atoms with Crippen molar-refractivity contribution < 1.29 is 19.1 Å². The predicted octanol–water partition coefficient (Wildman–Crippen LogP) is 0.794. The van der Waals surface area contributed by atoms with Crippen LogP contribution in [0.15, 0.2) is 16.7 Å². The average molecular weight is 221 g/mol. The van der Waals surface area contributed by atoms with Gasteiger partial charge in [-0.1, -0.05) is 0 Å². The second-order valence-corrected chi connectivity index (χ2v) is 3.16. The van der Waals surface area contributed by atoms with Crippen LogP contribution in [-0.2, 0) is 4.79 Å². The summed E-state index contributed by atoms with van der Waals surface area (Å²) in [6.07, 6.45) is 6.31. The lowest BCUT2D eigenvalue weighted by Crippen LogP contribution is -2.40. The molecule has 0 aromatic carbocycles. The van der Waals surface area contributed by atoms with E-state index in [0.717, 1.165) is 0 Å². The van der Waals surface area contributed by atoms with Crippen LogP contribution in [-0.4, -0.2) is 23.0 Å². The number of amides is 1. The molecule has 0 spiro atoms. The zero-order chi connectivity index (χ0) is 12.1. The fourth-order valence-electron chi connectivity index (χ4n) is 1.17. The molecule has 0 aliphatic heterocycles. The Balaban J connectivity index is 2.74. The topological polar surface area (TPSA) is 79.5 Å². The maximum absolute atomic E-state index is 11.6. The predicted molar refractivity (Wildman–Crippen MR) is 55.8 cm³/mol. The van der Waals surface area contributed by atoms with Gasteiger partial charge in [0.15, 0.2) is 0 Å². The average Bonchev–Trinajstić information content (AvgIpc) is 2.63. The summed E-state index contributed by atoms with van der Waals surface area (Å²) >= 11 is 0. The summed E-state index contributed by atoms with van der Waals surface area (Å²) in [4.78, 5) is 22.4. The highest BCUT2D eigenvalue weighted by atomic mass is 16.4. The van der Waals surface area contributed by atoms with E-state index in [2.05, 4.69) is 11.2 Å². The van der Waals surface area contributed by atoms with Gasteiger partial charge >= 0.3 is 5.97 Å². The number of nitrogens with one attached hydrogen (secondary N) is 1. The van der Waals surface area contributed by atoms with Gasteiger partial charge in [-0.05, 0) is 13.0 Å². The Labute approximate surface area is 92.4 Å². The molecule has 1 atom stereocenters. The maximum Gasteiger partial charge on any atom is 0.327 e. The SMILES string of the molecule is C#CCC(NC(=O)c1ccoc1C)C(=O)O. The molecule has 84 valence electrons. The van der Waals surface area contributed by atoms with Gasteiger partial charge in [0, 0.05) is 6.42 Å². The van der Waals surface area contributed by atoms with E-state index in [4.69, 9.17) is 15.9 Å². The second kappa shape index (κ2) is 5.03. The van der Waals surface area contributed by atoms with Crippen molar-refractivity contribution in [1.82, 2.24) is 5.32 Å². The van der Waals surface area contributed by atoms with E-state index in [-0.39, 0.29) is 6.42 Å². The highest BCUT2D eigenvalue weighted by molar-refractivity contribution is 5.97. The van der Waals surface area contributed by atoms with Crippen molar-refractivity contribution in [1.29, 1.82) is 0 Å². The molecule has 0 aliphatic carbocycles. The van der Waals surface area contributed by atoms with Gasteiger partial charge in [-0.15, -0.1) is 12.3 Å². The normalized spacial score (nSPS) is 11.5. The number of carbonyl (C=O) groups excluding carboxylic acids is 1. The van der Waals surface area contributed by atoms with Crippen LogP contribution in [0.2, 0.25) is 0 Å². The number of aryl methyl sites for hydroxylation is 1. The molecule has 1 amide bonds. The Morgan fingerprint density at radius 1 is 1.69 bits per heavy atom. The van der Waals surface area contributed by atoms with Gasteiger partial charge in [-0.2, -0.15) is 0 Å². The molecule has 5 heteroatoms. The van der Waals surface area contributed by atoms with Gasteiger partial charge in [-0.3, -0.25) is 4.79 Å². The van der Waals surface area contributed by atoms with Crippen molar-refractivity contribution in [2.24, 2.45) is 0 Å². The van der Waals surface area contributed by atoms with Crippen molar-refractivity contribution in [3.05, 3.63) is 23.7 Å². The molecule has 0 radical (unpaired) electrons. The van der Waals surface area contributed by atoms with Gasteiger partial charge < -0.3 is 14.8 Å². The number of terminal acetylenes is 1. The summed E-state index contributed by atoms with van der Waals surface area (Å²) in [7, 11) is 0. The van der Waals surface area contributed by atoms with Gasteiger partial charge in [0.25, 0.3) is 5.91 Å². The first kappa shape index (κ1) is 11.9. The minimum atomic E-state index is -1.16. The second-order valence-electron chi connectivity index (χ2n) is 3.16. The van der Waals surface area contributed by atoms with Crippen LogP contribution < -0.4 is 5.32 Å². The largest absolute Gasteiger partial charge is 0.480 e. The lowest BCUT2D eigenvalue weighted by atomic mass is 10.2. The van der Waals surface area contributed by atoms with Crippen LogP contribution in [0.5, 0.6) is 0 Å². The zero-order valence-electron chi connectivity index (χ0n) is 8.69. The quantitative estimate of drug-likeness (QED) is 0.737. The van der Waals surface area contributed by atoms with Gasteiger partial charge in [0.05, 0.1) is 11.8 Å². The molecule has 1 aromatic heterocycles. The van der Waals surface area contributed by atoms with E-state index >= 15 is 0 Å². The molecule has 1 rings (SSSR count). The Morgan fingerprint density at radius 2 is 2.38 bits per heavy atom. The molecular formula is C11H11NO4. The van der Waals surface area contributed by atoms with E-state index in [1.54, 1.807) is 6.92 Å². The number of carboxylic acid groups (broad SMARTS) is 1. The van der Waals surface area contributed by atoms with Crippen molar-refractivity contribution >= 4 is 11.9 Å². The number of carboxylic acids is 1. The molecule has 16 heavy (non-hydrogen) atoms. The fraction of sp³-hybridized carbons (Fsp3) is 0.273. The molecule has 0 aliphatic rings. The fourth-order valence-corrected chi connectivity index (χ4v) is 1.17. The van der Waals surface area contributed by atoms with Crippen molar-refractivity contribution in [3.8, 4) is 12.3 Å². The number of hydrogen-bond acceptors (Lipinski definition) is 3. The Bertz CT molecular complexity index is 441. The Kier molecular flexibility index (Phi) is 3.72. The minimum absolute atomic E-state index is 0.0576. The summed E-state index contributed by atoms with van der Waals surface area (Å²) in [5, 5.41) is 11.1. The standard InChI is InChI=1S/C11H11NO4/c1-3-4-9(11(14)15)12-10(13)8-5-6-16-7(8)2/h1,5-6,9H,4H2,2H3,(H,12,13)(H,14,15). The van der Waals surface area contributed by atoms with Crippen LogP contribution in [0.4, 0.5) is 0 Å². The summed E-state index contributed by atoms with van der Waals surface area (Å²) < 4.78 is 4.94. The van der Waals surface area contributed by atoms with E-state index in [9.17, 15) is 9.59 Å². The monoisotopic (exact) mass is 221 g/mol. The van der Waals surface area contributed by atoms with Gasteiger partial charge in [-0.25, -0.2) is 4.79 Å². The summed E-state index contributed by atoms with van der Waals surface area (Å²) in [6, 6.07) is 0.395. The Hall–Kier alpha value is -2.22. The molecule has 5 nitrogen and oxygen atoms in total. The zero-order valence-corrected chi connectivity index (χ0v) is 8.69. The molecule has 1 unspecified atom stereocenters. The molecule has 0 saturated carbocycles. The van der Waals surface area contributed by atoms with Crippen LogP contribution >= 0.6 is 0 Å². The first-order valence-electron chi connectivity index (χ1n) is 4.57. The third-order valence-corrected chi connectivity index (χ3v) is 2.03. The number of rotatable bonds is 4. The van der Waals surface area contributed by atoms with Crippen LogP contribution in [0.25, 0.3) is 0 Å². The maximum atomic E-state index is 11.6. The van der Waals surface area contributed by atoms with Crippen molar-refractivity contribution in [3.63, 3.8) is 0 Å². The summed E-state index contributed by atoms with van der Waals surface area (Å²) in [5.41, 5.74) is 0.309. The summed E-state index contributed by atoms with van der Waals surface area (Å²) in [5.74, 6) is 0.963. The highest BCUT2D eigenvalue weighted by Crippen LogP contribution is 2.08. The summed E-state index contributed by atoms with van der Waals surface area (Å²) in [6.45, 7) is 1.62. The van der Waals surface area contributed by atoms with Crippen LogP contribution in [0.3, 0.4) is 0 Å². The van der Waals surface area contributed by atoms with Crippen LogP contribution in [0.1, 0.15) is 22.5 Å². The molecule has 1 heterocycles. The molecular weight excluding hydrogens is 210 g/mol. The first-order chi connectivity index (χ1) is 7.56. The molecule has 2 N–H and O–H groups in total. The Morgan fingerprint density at radius 3 is 2.81 bits per heavy atom. The van der Waals surface area contributed by atoms with E-state index in [1.165, 1.54) is 12.3 Å². The third kappa shape index (κ3) is 2.64. The molecule has 0 saturated heterocycles. The molecule has 0 bridgehead atoms. The number of hydrogen-bond donors (Lipinski definition) is 2. The molecule has 0 fully saturated rings. The molecule has 1 aromatic rings. The number of aliphatic carboxylic acids is 1. The van der Waals surface area contributed by atoms with Crippen molar-refractivity contribution in [2.75, 3.05) is 0 Å². The number of furan rings is 1. The lowest BCUT2D eigenvalue weighted by Gasteiger charge is -2.10. The van der Waals surface area contributed by atoms with Gasteiger partial charge in [0.1, 0.15) is 11.8 Å². The van der Waals surface area contributed by atoms with E-state index in [0.29, 0.717) is 11.3 Å². The highest BCUT2D eigenvalue weighted by Gasteiger charge is 2.21. The van der Waals surface area contributed by atoms with E-state index in [1.807, 2.05) is 0 Å². The third-order valence-electron chi connectivity index (χ3n) is 2.03.